The van der Waals surface area contributed by atoms with E-state index in [1.807, 2.05) is 24.3 Å². The van der Waals surface area contributed by atoms with E-state index in [2.05, 4.69) is 26.3 Å². The molecule has 0 saturated carbocycles. The molecule has 0 radical (unpaired) electrons. The van der Waals surface area contributed by atoms with Crippen molar-refractivity contribution in [3.63, 3.8) is 0 Å². The maximum atomic E-state index is 13.0. The summed E-state index contributed by atoms with van der Waals surface area (Å²) in [6.45, 7) is 0.311. The molecule has 0 saturated heterocycles. The molecular formula is C19H13BrCl2F3N3O. The third-order valence-electron chi connectivity index (χ3n) is 4.11. The Labute approximate surface area is 182 Å². The molecule has 1 heterocycles. The van der Waals surface area contributed by atoms with Gasteiger partial charge in [-0.05, 0) is 42.0 Å². The zero-order chi connectivity index (χ0) is 21.3. The summed E-state index contributed by atoms with van der Waals surface area (Å²) in [7, 11) is 1.12. The van der Waals surface area contributed by atoms with Crippen molar-refractivity contribution in [2.45, 2.75) is 12.7 Å². The zero-order valence-corrected chi connectivity index (χ0v) is 17.9. The van der Waals surface area contributed by atoms with E-state index in [9.17, 15) is 18.0 Å². The van der Waals surface area contributed by atoms with Crippen LogP contribution in [0.2, 0.25) is 10.0 Å². The highest BCUT2D eigenvalue weighted by Crippen LogP contribution is 2.33. The first-order chi connectivity index (χ1) is 13.6. The van der Waals surface area contributed by atoms with E-state index in [1.165, 1.54) is 6.07 Å². The fraction of sp³-hybridized carbons (Fsp3) is 0.158. The van der Waals surface area contributed by atoms with Crippen molar-refractivity contribution in [3.05, 3.63) is 78.5 Å². The summed E-state index contributed by atoms with van der Waals surface area (Å²) < 4.78 is 40.5. The van der Waals surface area contributed by atoms with Gasteiger partial charge in [0.2, 0.25) is 5.43 Å². The molecule has 0 amide bonds. The van der Waals surface area contributed by atoms with Crippen LogP contribution in [0.15, 0.2) is 51.7 Å². The minimum atomic E-state index is -4.69. The number of anilines is 1. The van der Waals surface area contributed by atoms with Gasteiger partial charge in [-0.1, -0.05) is 39.1 Å². The van der Waals surface area contributed by atoms with Crippen LogP contribution in [0.3, 0.4) is 0 Å². The van der Waals surface area contributed by atoms with E-state index in [1.54, 1.807) is 6.07 Å². The van der Waals surface area contributed by atoms with E-state index in [4.69, 9.17) is 23.2 Å². The van der Waals surface area contributed by atoms with Crippen molar-refractivity contribution in [3.8, 4) is 11.3 Å². The Hall–Kier alpha value is -2.03. The average Bonchev–Trinajstić information content (AvgIpc) is 2.63. The van der Waals surface area contributed by atoms with Gasteiger partial charge in [-0.25, -0.2) is 0 Å². The number of aryl methyl sites for hydroxylation is 1. The lowest BCUT2D eigenvalue weighted by molar-refractivity contribution is -0.144. The van der Waals surface area contributed by atoms with Crippen LogP contribution in [0, 0.1) is 0 Å². The van der Waals surface area contributed by atoms with Crippen molar-refractivity contribution >= 4 is 44.8 Å². The molecule has 4 nitrogen and oxygen atoms in total. The number of rotatable bonds is 4. The van der Waals surface area contributed by atoms with Crippen LogP contribution >= 0.6 is 39.1 Å². The number of alkyl halides is 3. The first kappa shape index (κ1) is 21.7. The Morgan fingerprint density at radius 2 is 1.76 bits per heavy atom. The third kappa shape index (κ3) is 4.94. The van der Waals surface area contributed by atoms with Gasteiger partial charge in [0, 0.05) is 40.4 Å². The SMILES string of the molecule is Cn1nc(-c2cc(CNc3ccc(Br)cc3)c(Cl)cc2Cl)c(=O)cc1C(F)(F)F. The molecule has 10 heteroatoms. The number of hydrogen-bond acceptors (Lipinski definition) is 3. The Morgan fingerprint density at radius 1 is 1.10 bits per heavy atom. The molecule has 3 rings (SSSR count). The summed E-state index contributed by atoms with van der Waals surface area (Å²) in [5.41, 5.74) is -0.563. The van der Waals surface area contributed by atoms with Crippen molar-refractivity contribution in [1.29, 1.82) is 0 Å². The summed E-state index contributed by atoms with van der Waals surface area (Å²) in [5, 5.41) is 7.45. The molecule has 0 unspecified atom stereocenters. The normalized spacial score (nSPS) is 11.6. The smallest absolute Gasteiger partial charge is 0.381 e. The van der Waals surface area contributed by atoms with Crippen LogP contribution in [0.25, 0.3) is 11.3 Å². The zero-order valence-electron chi connectivity index (χ0n) is 14.8. The van der Waals surface area contributed by atoms with E-state index < -0.39 is 17.3 Å². The summed E-state index contributed by atoms with van der Waals surface area (Å²) in [4.78, 5) is 12.3. The third-order valence-corrected chi connectivity index (χ3v) is 5.30. The van der Waals surface area contributed by atoms with Crippen LogP contribution in [0.1, 0.15) is 11.3 Å². The van der Waals surface area contributed by atoms with Crippen LogP contribution < -0.4 is 10.7 Å². The summed E-state index contributed by atoms with van der Waals surface area (Å²) in [6, 6.07) is 11.0. The van der Waals surface area contributed by atoms with Gasteiger partial charge in [0.15, 0.2) is 0 Å². The monoisotopic (exact) mass is 505 g/mol. The lowest BCUT2D eigenvalue weighted by atomic mass is 10.1. The average molecular weight is 507 g/mol. The van der Waals surface area contributed by atoms with E-state index >= 15 is 0 Å². The van der Waals surface area contributed by atoms with Crippen molar-refractivity contribution in [2.24, 2.45) is 7.05 Å². The number of benzene rings is 2. The topological polar surface area (TPSA) is 46.9 Å². The Kier molecular flexibility index (Phi) is 6.26. The Balaban J connectivity index is 1.98. The van der Waals surface area contributed by atoms with Crippen molar-refractivity contribution in [1.82, 2.24) is 9.78 Å². The predicted octanol–water partition coefficient (Wildman–Crippen LogP) is 6.15. The molecule has 29 heavy (non-hydrogen) atoms. The lowest BCUT2D eigenvalue weighted by Gasteiger charge is -2.14. The molecule has 0 spiro atoms. The van der Waals surface area contributed by atoms with Crippen LogP contribution in [0.5, 0.6) is 0 Å². The van der Waals surface area contributed by atoms with Gasteiger partial charge in [-0.15, -0.1) is 0 Å². The highest BCUT2D eigenvalue weighted by atomic mass is 79.9. The molecule has 0 aliphatic heterocycles. The first-order valence-electron chi connectivity index (χ1n) is 8.19. The van der Waals surface area contributed by atoms with Gasteiger partial charge in [0.25, 0.3) is 0 Å². The van der Waals surface area contributed by atoms with Gasteiger partial charge in [0.1, 0.15) is 11.4 Å². The lowest BCUT2D eigenvalue weighted by Crippen LogP contribution is -2.22. The standard InChI is InChI=1S/C19H13BrCl2F3N3O/c1-28-17(19(23,24)25)8-16(29)18(27-28)13-6-10(14(21)7-15(13)22)9-26-12-4-2-11(20)3-5-12/h2-8,26H,9H2,1H3. The number of aromatic nitrogens is 2. The number of halogens is 6. The van der Waals surface area contributed by atoms with E-state index in [0.29, 0.717) is 27.9 Å². The van der Waals surface area contributed by atoms with E-state index in [0.717, 1.165) is 17.2 Å². The largest absolute Gasteiger partial charge is 0.433 e. The summed E-state index contributed by atoms with van der Waals surface area (Å²) >= 11 is 15.8. The first-order valence-corrected chi connectivity index (χ1v) is 9.74. The second-order valence-corrected chi connectivity index (χ2v) is 7.88. The number of nitrogens with zero attached hydrogens (tertiary/aromatic N) is 2. The van der Waals surface area contributed by atoms with Gasteiger partial charge in [-0.3, -0.25) is 9.48 Å². The van der Waals surface area contributed by atoms with Gasteiger partial charge < -0.3 is 5.32 Å². The second-order valence-electron chi connectivity index (χ2n) is 6.15. The summed E-state index contributed by atoms with van der Waals surface area (Å²) in [6.07, 6.45) is -4.69. The highest BCUT2D eigenvalue weighted by molar-refractivity contribution is 9.10. The van der Waals surface area contributed by atoms with Crippen LogP contribution in [-0.4, -0.2) is 9.78 Å². The molecule has 3 aromatic rings. The fourth-order valence-electron chi connectivity index (χ4n) is 2.67. The second kappa shape index (κ2) is 8.38. The molecule has 1 aromatic heterocycles. The Morgan fingerprint density at radius 3 is 2.38 bits per heavy atom. The minimum Gasteiger partial charge on any atom is -0.381 e. The maximum absolute atomic E-state index is 13.0. The molecule has 0 atom stereocenters. The fourth-order valence-corrected chi connectivity index (χ4v) is 3.47. The molecule has 0 bridgehead atoms. The van der Waals surface area contributed by atoms with Gasteiger partial charge >= 0.3 is 6.18 Å². The molecular weight excluding hydrogens is 494 g/mol. The van der Waals surface area contributed by atoms with Crippen LogP contribution in [-0.2, 0) is 19.8 Å². The number of nitrogens with one attached hydrogen (secondary N) is 1. The van der Waals surface area contributed by atoms with Gasteiger partial charge in [-0.2, -0.15) is 18.3 Å². The molecule has 0 aliphatic carbocycles. The summed E-state index contributed by atoms with van der Waals surface area (Å²) in [5.74, 6) is 0. The molecule has 2 aromatic carbocycles. The van der Waals surface area contributed by atoms with Crippen molar-refractivity contribution < 1.29 is 13.2 Å². The number of hydrogen-bond donors (Lipinski definition) is 1. The van der Waals surface area contributed by atoms with Gasteiger partial charge in [0.05, 0.1) is 5.02 Å². The molecule has 152 valence electrons. The van der Waals surface area contributed by atoms with Crippen molar-refractivity contribution in [2.75, 3.05) is 5.32 Å². The maximum Gasteiger partial charge on any atom is 0.433 e. The quantitative estimate of drug-likeness (QED) is 0.461. The molecule has 0 fully saturated rings. The minimum absolute atomic E-state index is 0.117. The highest BCUT2D eigenvalue weighted by Gasteiger charge is 2.34. The predicted molar refractivity (Wildman–Crippen MR) is 111 cm³/mol. The van der Waals surface area contributed by atoms with Crippen LogP contribution in [0.4, 0.5) is 18.9 Å². The van der Waals surface area contributed by atoms with E-state index in [-0.39, 0.29) is 16.3 Å². The molecule has 0 aliphatic rings. The molecule has 1 N–H and O–H groups in total. The Bertz CT molecular complexity index is 1120.